The fraction of sp³-hybridized carbons (Fsp3) is 0.333. The van der Waals surface area contributed by atoms with Gasteiger partial charge in [-0.25, -0.2) is 22.1 Å². The van der Waals surface area contributed by atoms with E-state index in [1.165, 1.54) is 22.7 Å². The van der Waals surface area contributed by atoms with Gasteiger partial charge in [0.2, 0.25) is 10.0 Å². The average molecular weight is 536 g/mol. The summed E-state index contributed by atoms with van der Waals surface area (Å²) in [5.74, 6) is -0.773. The van der Waals surface area contributed by atoms with Crippen LogP contribution >= 0.6 is 23.2 Å². The second kappa shape index (κ2) is 9.20. The number of halogens is 3. The molecular weight excluding hydrogens is 512 g/mol. The Labute approximate surface area is 212 Å². The summed E-state index contributed by atoms with van der Waals surface area (Å²) in [7, 11) is -3.17. The summed E-state index contributed by atoms with van der Waals surface area (Å²) in [6.07, 6.45) is 10.1. The zero-order valence-electron chi connectivity index (χ0n) is 19.2. The maximum Gasteiger partial charge on any atom is 0.211 e. The molecule has 1 aromatic carbocycles. The van der Waals surface area contributed by atoms with Crippen LogP contribution in [-0.2, 0) is 10.0 Å². The third kappa shape index (κ3) is 4.58. The lowest BCUT2D eigenvalue weighted by Gasteiger charge is -2.30. The smallest absolute Gasteiger partial charge is 0.211 e. The molecule has 0 amide bonds. The minimum Gasteiger partial charge on any atom is -0.346 e. The SMILES string of the molecule is C[C@@H](c1c(Cl)ccc(F)c1Cl)c1c[nH]c2ncc(-c3cnn(C4CCN(S(C)(=O)=O)CC4)c3)cc12. The number of H-pyrrole nitrogens is 1. The topological polar surface area (TPSA) is 83.9 Å². The van der Waals surface area contributed by atoms with E-state index < -0.39 is 15.8 Å². The first-order chi connectivity index (χ1) is 16.6. The van der Waals surface area contributed by atoms with Crippen molar-refractivity contribution in [2.75, 3.05) is 19.3 Å². The summed E-state index contributed by atoms with van der Waals surface area (Å²) >= 11 is 12.6. The highest BCUT2D eigenvalue weighted by Crippen LogP contribution is 2.39. The maximum atomic E-state index is 14.1. The molecule has 1 aliphatic rings. The van der Waals surface area contributed by atoms with Crippen LogP contribution in [0, 0.1) is 5.82 Å². The molecule has 0 bridgehead atoms. The van der Waals surface area contributed by atoms with Crippen LogP contribution in [0.1, 0.15) is 42.9 Å². The summed E-state index contributed by atoms with van der Waals surface area (Å²) < 4.78 is 41.1. The van der Waals surface area contributed by atoms with E-state index in [9.17, 15) is 12.8 Å². The quantitative estimate of drug-likeness (QED) is 0.336. The lowest BCUT2D eigenvalue weighted by Crippen LogP contribution is -2.38. The van der Waals surface area contributed by atoms with Gasteiger partial charge in [0.25, 0.3) is 0 Å². The third-order valence-corrected chi connectivity index (χ3v) is 8.76. The van der Waals surface area contributed by atoms with Crippen molar-refractivity contribution in [1.29, 1.82) is 0 Å². The van der Waals surface area contributed by atoms with Crippen molar-refractivity contribution in [2.24, 2.45) is 0 Å². The zero-order valence-corrected chi connectivity index (χ0v) is 21.5. The molecule has 11 heteroatoms. The number of benzene rings is 1. The van der Waals surface area contributed by atoms with Crippen LogP contribution in [0.4, 0.5) is 4.39 Å². The lowest BCUT2D eigenvalue weighted by molar-refractivity contribution is 0.262. The van der Waals surface area contributed by atoms with Crippen molar-refractivity contribution in [3.63, 3.8) is 0 Å². The Morgan fingerprint density at radius 2 is 1.91 bits per heavy atom. The van der Waals surface area contributed by atoms with Crippen LogP contribution < -0.4 is 0 Å². The first-order valence-corrected chi connectivity index (χ1v) is 13.8. The molecule has 35 heavy (non-hydrogen) atoms. The molecule has 1 aliphatic heterocycles. The molecule has 0 unspecified atom stereocenters. The van der Waals surface area contributed by atoms with Crippen LogP contribution in [-0.4, -0.2) is 51.8 Å². The Bertz CT molecular complexity index is 1510. The van der Waals surface area contributed by atoms with Crippen molar-refractivity contribution in [3.05, 3.63) is 70.0 Å². The minimum absolute atomic E-state index is 0.0201. The van der Waals surface area contributed by atoms with Crippen LogP contribution in [0.3, 0.4) is 0 Å². The number of nitrogens with one attached hydrogen (secondary N) is 1. The van der Waals surface area contributed by atoms with Gasteiger partial charge in [-0.1, -0.05) is 30.1 Å². The molecule has 1 fully saturated rings. The second-order valence-electron chi connectivity index (χ2n) is 8.94. The zero-order chi connectivity index (χ0) is 24.9. The first kappa shape index (κ1) is 24.2. The molecule has 1 atom stereocenters. The number of fused-ring (bicyclic) bond motifs is 1. The van der Waals surface area contributed by atoms with E-state index in [4.69, 9.17) is 23.2 Å². The number of hydrogen-bond donors (Lipinski definition) is 1. The molecule has 7 nitrogen and oxygen atoms in total. The highest BCUT2D eigenvalue weighted by atomic mass is 35.5. The van der Waals surface area contributed by atoms with Gasteiger partial charge in [-0.15, -0.1) is 0 Å². The Balaban J connectivity index is 1.43. The van der Waals surface area contributed by atoms with E-state index in [1.54, 1.807) is 12.4 Å². The fourth-order valence-electron chi connectivity index (χ4n) is 4.76. The van der Waals surface area contributed by atoms with Gasteiger partial charge in [0.15, 0.2) is 0 Å². The molecule has 4 heterocycles. The van der Waals surface area contributed by atoms with Gasteiger partial charge in [0.05, 0.1) is 23.5 Å². The lowest BCUT2D eigenvalue weighted by atomic mass is 9.92. The van der Waals surface area contributed by atoms with Gasteiger partial charge in [0, 0.05) is 59.1 Å². The van der Waals surface area contributed by atoms with Crippen LogP contribution in [0.2, 0.25) is 10.0 Å². The summed E-state index contributed by atoms with van der Waals surface area (Å²) in [6, 6.07) is 4.94. The van der Waals surface area contributed by atoms with Crippen LogP contribution in [0.5, 0.6) is 0 Å². The van der Waals surface area contributed by atoms with Gasteiger partial charge in [-0.2, -0.15) is 5.10 Å². The van der Waals surface area contributed by atoms with Crippen molar-refractivity contribution in [1.82, 2.24) is 24.1 Å². The largest absolute Gasteiger partial charge is 0.346 e. The van der Waals surface area contributed by atoms with Gasteiger partial charge in [-0.3, -0.25) is 4.68 Å². The minimum atomic E-state index is -3.17. The fourth-order valence-corrected chi connectivity index (χ4v) is 6.33. The highest BCUT2D eigenvalue weighted by molar-refractivity contribution is 7.88. The van der Waals surface area contributed by atoms with E-state index in [2.05, 4.69) is 15.1 Å². The van der Waals surface area contributed by atoms with E-state index in [0.29, 0.717) is 42.2 Å². The van der Waals surface area contributed by atoms with Crippen LogP contribution in [0.15, 0.2) is 43.0 Å². The van der Waals surface area contributed by atoms with Crippen molar-refractivity contribution in [2.45, 2.75) is 31.7 Å². The summed E-state index contributed by atoms with van der Waals surface area (Å²) in [5, 5.41) is 5.86. The predicted octanol–water partition coefficient (Wildman–Crippen LogP) is 5.62. The first-order valence-electron chi connectivity index (χ1n) is 11.2. The number of aromatic amines is 1. The monoisotopic (exact) mass is 535 g/mol. The highest BCUT2D eigenvalue weighted by Gasteiger charge is 2.26. The number of aromatic nitrogens is 4. The molecule has 184 valence electrons. The maximum absolute atomic E-state index is 14.1. The second-order valence-corrected chi connectivity index (χ2v) is 11.7. The Hall–Kier alpha value is -2.46. The van der Waals surface area contributed by atoms with E-state index in [-0.39, 0.29) is 17.0 Å². The molecule has 5 rings (SSSR count). The molecule has 0 spiro atoms. The molecule has 0 saturated carbocycles. The molecular formula is C24H24Cl2FN5O2S. The average Bonchev–Trinajstić information content (AvgIpc) is 3.48. The molecule has 1 saturated heterocycles. The Morgan fingerprint density at radius 1 is 1.17 bits per heavy atom. The summed E-state index contributed by atoms with van der Waals surface area (Å²) in [5.41, 5.74) is 3.95. The normalized spacial score (nSPS) is 16.7. The number of pyridine rings is 1. The van der Waals surface area contributed by atoms with Crippen molar-refractivity contribution in [3.8, 4) is 11.1 Å². The van der Waals surface area contributed by atoms with Gasteiger partial charge < -0.3 is 4.98 Å². The van der Waals surface area contributed by atoms with Crippen molar-refractivity contribution < 1.29 is 12.8 Å². The van der Waals surface area contributed by atoms with E-state index in [0.717, 1.165) is 22.1 Å². The number of hydrogen-bond acceptors (Lipinski definition) is 4. The molecule has 0 aliphatic carbocycles. The van der Waals surface area contributed by atoms with E-state index in [1.807, 2.05) is 30.1 Å². The standard InChI is InChI=1S/C24H24Cl2FN5O2S/c1-14(22-20(25)3-4-21(27)23(22)26)19-12-29-24-18(19)9-15(10-28-24)16-11-30-32(13-16)17-5-7-31(8-6-17)35(2,33)34/h3-4,9-14,17H,5-8H2,1-2H3,(H,28,29)/t14-/m1/s1. The summed E-state index contributed by atoms with van der Waals surface area (Å²) in [4.78, 5) is 7.75. The molecule has 1 N–H and O–H groups in total. The number of piperidine rings is 1. The van der Waals surface area contributed by atoms with Gasteiger partial charge >= 0.3 is 0 Å². The Morgan fingerprint density at radius 3 is 2.63 bits per heavy atom. The number of sulfonamides is 1. The van der Waals surface area contributed by atoms with Crippen LogP contribution in [0.25, 0.3) is 22.2 Å². The van der Waals surface area contributed by atoms with Gasteiger partial charge in [-0.05, 0) is 42.2 Å². The molecule has 3 aromatic heterocycles. The molecule has 0 radical (unpaired) electrons. The van der Waals surface area contributed by atoms with E-state index >= 15 is 0 Å². The number of nitrogens with zero attached hydrogens (tertiary/aromatic N) is 4. The number of rotatable bonds is 5. The summed E-state index contributed by atoms with van der Waals surface area (Å²) in [6.45, 7) is 2.91. The Kier molecular flexibility index (Phi) is 6.37. The van der Waals surface area contributed by atoms with Crippen molar-refractivity contribution >= 4 is 44.3 Å². The van der Waals surface area contributed by atoms with Gasteiger partial charge in [0.1, 0.15) is 11.5 Å². The predicted molar refractivity (Wildman–Crippen MR) is 136 cm³/mol. The third-order valence-electron chi connectivity index (χ3n) is 6.74. The molecule has 4 aromatic rings.